The molecular formula is C10H14N2O3. The van der Waals surface area contributed by atoms with Gasteiger partial charge >= 0.3 is 5.97 Å². The predicted octanol–water partition coefficient (Wildman–Crippen LogP) is 1.28. The molecule has 0 radical (unpaired) electrons. The molecule has 1 aromatic heterocycles. The number of unbranched alkanes of at least 4 members (excludes halogenated alkanes) is 1. The van der Waals surface area contributed by atoms with Crippen molar-refractivity contribution in [3.63, 3.8) is 0 Å². The maximum absolute atomic E-state index is 10.2. The van der Waals surface area contributed by atoms with Crippen LogP contribution < -0.4 is 4.74 Å². The Morgan fingerprint density at radius 1 is 1.40 bits per heavy atom. The van der Waals surface area contributed by atoms with E-state index in [1.807, 2.05) is 6.07 Å². The number of ether oxygens (including phenoxy) is 1. The molecule has 0 aliphatic heterocycles. The molecule has 0 aliphatic rings. The van der Waals surface area contributed by atoms with E-state index in [1.165, 1.54) is 7.11 Å². The lowest BCUT2D eigenvalue weighted by Gasteiger charge is -2.00. The van der Waals surface area contributed by atoms with Gasteiger partial charge in [0.05, 0.1) is 12.8 Å². The van der Waals surface area contributed by atoms with Gasteiger partial charge in [0.25, 0.3) is 0 Å². The molecule has 0 atom stereocenters. The van der Waals surface area contributed by atoms with Crippen LogP contribution in [-0.2, 0) is 11.2 Å². The van der Waals surface area contributed by atoms with Crippen molar-refractivity contribution >= 4 is 5.97 Å². The van der Waals surface area contributed by atoms with Gasteiger partial charge < -0.3 is 9.84 Å². The third kappa shape index (κ3) is 4.39. The molecule has 0 saturated carbocycles. The van der Waals surface area contributed by atoms with Crippen molar-refractivity contribution in [3.8, 4) is 5.88 Å². The molecule has 0 spiro atoms. The number of nitrogens with zero attached hydrogens (tertiary/aromatic N) is 2. The van der Waals surface area contributed by atoms with Gasteiger partial charge in [0.2, 0.25) is 5.88 Å². The van der Waals surface area contributed by atoms with Gasteiger partial charge in [-0.1, -0.05) is 0 Å². The Balaban J connectivity index is 2.28. The van der Waals surface area contributed by atoms with Crippen molar-refractivity contribution in [1.82, 2.24) is 10.2 Å². The SMILES string of the molecule is COc1ccc(CCCCC(=O)O)nn1. The number of aromatic nitrogens is 2. The van der Waals surface area contributed by atoms with Gasteiger partial charge in [-0.25, -0.2) is 0 Å². The first-order valence-corrected chi connectivity index (χ1v) is 4.81. The molecule has 5 heteroatoms. The molecule has 0 bridgehead atoms. The Morgan fingerprint density at radius 3 is 2.73 bits per heavy atom. The first kappa shape index (κ1) is 11.4. The average molecular weight is 210 g/mol. The van der Waals surface area contributed by atoms with E-state index in [4.69, 9.17) is 9.84 Å². The quantitative estimate of drug-likeness (QED) is 0.716. The van der Waals surface area contributed by atoms with Crippen molar-refractivity contribution in [2.45, 2.75) is 25.7 Å². The molecule has 1 aromatic rings. The monoisotopic (exact) mass is 210 g/mol. The Hall–Kier alpha value is -1.65. The van der Waals surface area contributed by atoms with Gasteiger partial charge in [-0.2, -0.15) is 5.10 Å². The van der Waals surface area contributed by atoms with E-state index >= 15 is 0 Å². The lowest BCUT2D eigenvalue weighted by molar-refractivity contribution is -0.137. The molecule has 5 nitrogen and oxygen atoms in total. The van der Waals surface area contributed by atoms with Crippen LogP contribution in [0.5, 0.6) is 5.88 Å². The molecule has 0 amide bonds. The summed E-state index contributed by atoms with van der Waals surface area (Å²) >= 11 is 0. The number of carboxylic acid groups (broad SMARTS) is 1. The van der Waals surface area contributed by atoms with E-state index in [0.717, 1.165) is 18.5 Å². The highest BCUT2D eigenvalue weighted by Gasteiger charge is 2.00. The number of methoxy groups -OCH3 is 1. The maximum atomic E-state index is 10.2. The lowest BCUT2D eigenvalue weighted by atomic mass is 10.1. The third-order valence-electron chi connectivity index (χ3n) is 1.98. The summed E-state index contributed by atoms with van der Waals surface area (Å²) in [5, 5.41) is 16.2. The zero-order valence-corrected chi connectivity index (χ0v) is 8.64. The summed E-state index contributed by atoms with van der Waals surface area (Å²) < 4.78 is 4.87. The first-order valence-electron chi connectivity index (χ1n) is 4.81. The van der Waals surface area contributed by atoms with E-state index < -0.39 is 5.97 Å². The normalized spacial score (nSPS) is 9.93. The fraction of sp³-hybridized carbons (Fsp3) is 0.500. The van der Waals surface area contributed by atoms with Crippen LogP contribution in [0.4, 0.5) is 0 Å². The van der Waals surface area contributed by atoms with Crippen LogP contribution in [0.3, 0.4) is 0 Å². The second-order valence-corrected chi connectivity index (χ2v) is 3.17. The van der Waals surface area contributed by atoms with E-state index in [2.05, 4.69) is 10.2 Å². The molecule has 0 aliphatic carbocycles. The van der Waals surface area contributed by atoms with Crippen molar-refractivity contribution < 1.29 is 14.6 Å². The number of aliphatic carboxylic acids is 1. The number of hydrogen-bond donors (Lipinski definition) is 1. The molecule has 0 saturated heterocycles. The van der Waals surface area contributed by atoms with Gasteiger partial charge in [0.15, 0.2) is 0 Å². The van der Waals surface area contributed by atoms with Gasteiger partial charge in [0, 0.05) is 12.5 Å². The summed E-state index contributed by atoms with van der Waals surface area (Å²) in [6, 6.07) is 3.59. The van der Waals surface area contributed by atoms with Crippen molar-refractivity contribution in [2.24, 2.45) is 0 Å². The van der Waals surface area contributed by atoms with E-state index in [0.29, 0.717) is 12.3 Å². The highest BCUT2D eigenvalue weighted by molar-refractivity contribution is 5.66. The standard InChI is InChI=1S/C10H14N2O3/c1-15-9-7-6-8(11-12-9)4-2-3-5-10(13)14/h6-7H,2-5H2,1H3,(H,13,14). The van der Waals surface area contributed by atoms with Crippen molar-refractivity contribution in [2.75, 3.05) is 7.11 Å². The largest absolute Gasteiger partial charge is 0.481 e. The summed E-state index contributed by atoms with van der Waals surface area (Å²) in [5.41, 5.74) is 0.862. The maximum Gasteiger partial charge on any atom is 0.303 e. The summed E-state index contributed by atoms with van der Waals surface area (Å²) in [7, 11) is 1.54. The van der Waals surface area contributed by atoms with Crippen molar-refractivity contribution in [1.29, 1.82) is 0 Å². The van der Waals surface area contributed by atoms with Crippen LogP contribution in [0.1, 0.15) is 25.0 Å². The number of rotatable bonds is 6. The molecule has 1 heterocycles. The predicted molar refractivity (Wildman–Crippen MR) is 53.8 cm³/mol. The molecule has 15 heavy (non-hydrogen) atoms. The number of carboxylic acids is 1. The highest BCUT2D eigenvalue weighted by atomic mass is 16.5. The summed E-state index contributed by atoms with van der Waals surface area (Å²) in [5.74, 6) is -0.264. The smallest absolute Gasteiger partial charge is 0.303 e. The van der Waals surface area contributed by atoms with E-state index in [-0.39, 0.29) is 6.42 Å². The Morgan fingerprint density at radius 2 is 2.20 bits per heavy atom. The molecule has 1 rings (SSSR count). The fourth-order valence-electron chi connectivity index (χ4n) is 1.17. The lowest BCUT2D eigenvalue weighted by Crippen LogP contribution is -1.98. The van der Waals surface area contributed by atoms with Crippen LogP contribution in [0.2, 0.25) is 0 Å². The molecule has 0 fully saturated rings. The number of carbonyl (C=O) groups is 1. The second-order valence-electron chi connectivity index (χ2n) is 3.17. The molecule has 1 N–H and O–H groups in total. The van der Waals surface area contributed by atoms with Gasteiger partial charge in [-0.05, 0) is 25.3 Å². The first-order chi connectivity index (χ1) is 7.22. The molecule has 0 unspecified atom stereocenters. The fourth-order valence-corrected chi connectivity index (χ4v) is 1.17. The number of aryl methyl sites for hydroxylation is 1. The van der Waals surface area contributed by atoms with Crippen LogP contribution in [0.15, 0.2) is 12.1 Å². The summed E-state index contributed by atoms with van der Waals surface area (Å²) in [6.07, 6.45) is 2.45. The minimum atomic E-state index is -0.754. The van der Waals surface area contributed by atoms with E-state index in [1.54, 1.807) is 6.07 Å². The highest BCUT2D eigenvalue weighted by Crippen LogP contribution is 2.07. The Bertz CT molecular complexity index is 311. The van der Waals surface area contributed by atoms with Crippen molar-refractivity contribution in [3.05, 3.63) is 17.8 Å². The van der Waals surface area contributed by atoms with Crippen LogP contribution in [0, 0.1) is 0 Å². The second kappa shape index (κ2) is 5.95. The Kier molecular flexibility index (Phi) is 4.53. The minimum Gasteiger partial charge on any atom is -0.481 e. The zero-order chi connectivity index (χ0) is 11.1. The van der Waals surface area contributed by atoms with Crippen LogP contribution in [-0.4, -0.2) is 28.4 Å². The molecular weight excluding hydrogens is 196 g/mol. The zero-order valence-electron chi connectivity index (χ0n) is 8.64. The summed E-state index contributed by atoms with van der Waals surface area (Å²) in [4.78, 5) is 10.2. The summed E-state index contributed by atoms with van der Waals surface area (Å²) in [6.45, 7) is 0. The number of hydrogen-bond acceptors (Lipinski definition) is 4. The van der Waals surface area contributed by atoms with Crippen LogP contribution in [0.25, 0.3) is 0 Å². The molecule has 0 aromatic carbocycles. The Labute approximate surface area is 88.1 Å². The van der Waals surface area contributed by atoms with E-state index in [9.17, 15) is 4.79 Å². The third-order valence-corrected chi connectivity index (χ3v) is 1.98. The molecule has 82 valence electrons. The topological polar surface area (TPSA) is 72.3 Å². The van der Waals surface area contributed by atoms with Gasteiger partial charge in [-0.15, -0.1) is 5.10 Å². The van der Waals surface area contributed by atoms with Crippen LogP contribution >= 0.6 is 0 Å². The minimum absolute atomic E-state index is 0.212. The van der Waals surface area contributed by atoms with Gasteiger partial charge in [-0.3, -0.25) is 4.79 Å². The average Bonchev–Trinajstić information content (AvgIpc) is 2.25. The van der Waals surface area contributed by atoms with Gasteiger partial charge in [0.1, 0.15) is 0 Å².